The van der Waals surface area contributed by atoms with Gasteiger partial charge in [-0.15, -0.1) is 0 Å². The first kappa shape index (κ1) is 18.9. The van der Waals surface area contributed by atoms with Crippen LogP contribution in [-0.4, -0.2) is 92.1 Å². The monoisotopic (exact) mass is 314 g/mol. The van der Waals surface area contributed by atoms with Crippen LogP contribution in [-0.2, 0) is 14.3 Å². The van der Waals surface area contributed by atoms with E-state index in [-0.39, 0.29) is 17.9 Å². The fourth-order valence-electron chi connectivity index (χ4n) is 2.53. The number of amides is 2. The van der Waals surface area contributed by atoms with Crippen LogP contribution in [0.1, 0.15) is 20.3 Å². The average molecular weight is 314 g/mol. The summed E-state index contributed by atoms with van der Waals surface area (Å²) < 4.78 is 5.15. The zero-order chi connectivity index (χ0) is 16.5. The lowest BCUT2D eigenvalue weighted by Crippen LogP contribution is -2.53. The molecule has 0 spiro atoms. The highest BCUT2D eigenvalue weighted by Crippen LogP contribution is 2.07. The van der Waals surface area contributed by atoms with Crippen LogP contribution < -0.4 is 5.73 Å². The number of likely N-dealkylation sites (N-methyl/N-ethyl adjacent to an activating group) is 1. The van der Waals surface area contributed by atoms with Crippen molar-refractivity contribution in [2.24, 2.45) is 5.73 Å². The molecule has 2 N–H and O–H groups in total. The molecular weight excluding hydrogens is 284 g/mol. The molecular formula is C15H30N4O3. The van der Waals surface area contributed by atoms with Crippen LogP contribution in [0.5, 0.6) is 0 Å². The van der Waals surface area contributed by atoms with Crippen molar-refractivity contribution in [3.63, 3.8) is 0 Å². The van der Waals surface area contributed by atoms with E-state index in [1.54, 1.807) is 12.0 Å². The topological polar surface area (TPSA) is 79.1 Å². The largest absolute Gasteiger partial charge is 0.380 e. The molecule has 128 valence electrons. The number of methoxy groups -OCH3 is 1. The van der Waals surface area contributed by atoms with Crippen LogP contribution in [0.2, 0.25) is 0 Å². The highest BCUT2D eigenvalue weighted by Gasteiger charge is 2.25. The Kier molecular flexibility index (Phi) is 8.37. The highest BCUT2D eigenvalue weighted by atomic mass is 16.5. The third-order valence-electron chi connectivity index (χ3n) is 4.24. The van der Waals surface area contributed by atoms with Crippen LogP contribution in [0.15, 0.2) is 0 Å². The minimum absolute atomic E-state index is 0.0492. The molecule has 0 aliphatic carbocycles. The summed E-state index contributed by atoms with van der Waals surface area (Å²) >= 11 is 0. The molecule has 1 heterocycles. The third-order valence-corrected chi connectivity index (χ3v) is 4.24. The summed E-state index contributed by atoms with van der Waals surface area (Å²) in [7, 11) is 1.56. The summed E-state index contributed by atoms with van der Waals surface area (Å²) in [5, 5.41) is 0. The van der Waals surface area contributed by atoms with Crippen LogP contribution in [0.3, 0.4) is 0 Å². The number of hydrogen-bond donors (Lipinski definition) is 1. The van der Waals surface area contributed by atoms with Crippen LogP contribution in [0.4, 0.5) is 0 Å². The van der Waals surface area contributed by atoms with Gasteiger partial charge in [0.05, 0.1) is 19.1 Å². The number of nitrogens with two attached hydrogens (primary N) is 1. The lowest BCUT2D eigenvalue weighted by atomic mass is 10.2. The molecule has 0 bridgehead atoms. The van der Waals surface area contributed by atoms with Crippen LogP contribution in [0.25, 0.3) is 0 Å². The predicted molar refractivity (Wildman–Crippen MR) is 85.4 cm³/mol. The number of ether oxygens (including phenoxy) is 1. The van der Waals surface area contributed by atoms with Crippen molar-refractivity contribution in [2.45, 2.75) is 26.4 Å². The molecule has 0 aromatic carbocycles. The number of hydrogen-bond acceptors (Lipinski definition) is 5. The molecule has 1 aliphatic rings. The minimum Gasteiger partial charge on any atom is -0.380 e. The van der Waals surface area contributed by atoms with Crippen molar-refractivity contribution in [2.75, 3.05) is 59.5 Å². The number of rotatable bonds is 8. The standard InChI is InChI=1S/C15H30N4O3/c1-4-17(5-2)12-15(21)19-8-6-18(7-9-19)14(20)10-13(11-16)22-3/h13H,4-12,16H2,1-3H3. The third kappa shape index (κ3) is 5.55. The van der Waals surface area contributed by atoms with Crippen LogP contribution >= 0.6 is 0 Å². The molecule has 0 aromatic heterocycles. The maximum absolute atomic E-state index is 12.2. The Morgan fingerprint density at radius 1 is 1.09 bits per heavy atom. The van der Waals surface area contributed by atoms with Crippen molar-refractivity contribution in [1.29, 1.82) is 0 Å². The molecule has 0 saturated carbocycles. The Bertz CT molecular complexity index is 315. The van der Waals surface area contributed by atoms with E-state index in [4.69, 9.17) is 10.5 Å². The van der Waals surface area contributed by atoms with Crippen molar-refractivity contribution >= 4 is 11.8 Å². The lowest BCUT2D eigenvalue weighted by molar-refractivity contribution is -0.141. The van der Waals surface area contributed by atoms with Gasteiger partial charge in [-0.1, -0.05) is 13.8 Å². The van der Waals surface area contributed by atoms with E-state index in [1.165, 1.54) is 0 Å². The summed E-state index contributed by atoms with van der Waals surface area (Å²) in [5.74, 6) is 0.195. The molecule has 1 atom stereocenters. The Hall–Kier alpha value is -1.18. The van der Waals surface area contributed by atoms with E-state index in [0.717, 1.165) is 13.1 Å². The molecule has 0 aromatic rings. The Labute approximate surface area is 133 Å². The van der Waals surface area contributed by atoms with E-state index in [0.29, 0.717) is 45.7 Å². The smallest absolute Gasteiger partial charge is 0.236 e. The number of piperazine rings is 1. The van der Waals surface area contributed by atoms with E-state index < -0.39 is 0 Å². The van der Waals surface area contributed by atoms with Gasteiger partial charge in [0.1, 0.15) is 0 Å². The summed E-state index contributed by atoms with van der Waals surface area (Å²) in [6.07, 6.45) is 0.0789. The van der Waals surface area contributed by atoms with Crippen molar-refractivity contribution in [3.05, 3.63) is 0 Å². The average Bonchev–Trinajstić information content (AvgIpc) is 2.57. The summed E-state index contributed by atoms with van der Waals surface area (Å²) in [4.78, 5) is 30.1. The maximum Gasteiger partial charge on any atom is 0.236 e. The predicted octanol–water partition coefficient (Wildman–Crippen LogP) is -0.637. The fraction of sp³-hybridized carbons (Fsp3) is 0.867. The van der Waals surface area contributed by atoms with Gasteiger partial charge >= 0.3 is 0 Å². The molecule has 1 rings (SSSR count). The van der Waals surface area contributed by atoms with Crippen LogP contribution in [0, 0.1) is 0 Å². The second-order valence-corrected chi connectivity index (χ2v) is 5.52. The van der Waals surface area contributed by atoms with Gasteiger partial charge in [0.15, 0.2) is 0 Å². The van der Waals surface area contributed by atoms with Crippen molar-refractivity contribution in [1.82, 2.24) is 14.7 Å². The van der Waals surface area contributed by atoms with Gasteiger partial charge < -0.3 is 20.3 Å². The molecule has 22 heavy (non-hydrogen) atoms. The molecule has 1 saturated heterocycles. The minimum atomic E-state index is -0.227. The second kappa shape index (κ2) is 9.76. The number of carbonyl (C=O) groups excluding carboxylic acids is 2. The van der Waals surface area contributed by atoms with Gasteiger partial charge in [0.2, 0.25) is 11.8 Å². The first-order chi connectivity index (χ1) is 10.5. The fourth-order valence-corrected chi connectivity index (χ4v) is 2.53. The summed E-state index contributed by atoms with van der Waals surface area (Å²) in [6, 6.07) is 0. The Morgan fingerprint density at radius 2 is 1.59 bits per heavy atom. The second-order valence-electron chi connectivity index (χ2n) is 5.52. The molecule has 0 radical (unpaired) electrons. The van der Waals surface area contributed by atoms with Gasteiger partial charge in [0, 0.05) is 39.8 Å². The highest BCUT2D eigenvalue weighted by molar-refractivity contribution is 5.80. The summed E-state index contributed by atoms with van der Waals surface area (Å²) in [5.41, 5.74) is 5.54. The summed E-state index contributed by atoms with van der Waals surface area (Å²) in [6.45, 7) is 9.03. The normalized spacial score (nSPS) is 17.0. The molecule has 1 fully saturated rings. The Balaban J connectivity index is 2.39. The molecule has 7 heteroatoms. The van der Waals surface area contributed by atoms with Gasteiger partial charge in [-0.25, -0.2) is 0 Å². The van der Waals surface area contributed by atoms with E-state index in [9.17, 15) is 9.59 Å². The number of nitrogens with zero attached hydrogens (tertiary/aromatic N) is 3. The first-order valence-corrected chi connectivity index (χ1v) is 8.06. The van der Waals surface area contributed by atoms with E-state index in [1.807, 2.05) is 4.90 Å². The lowest BCUT2D eigenvalue weighted by Gasteiger charge is -2.36. The SMILES string of the molecule is CCN(CC)CC(=O)N1CCN(C(=O)CC(CN)OC)CC1. The van der Waals surface area contributed by atoms with Gasteiger partial charge in [0.25, 0.3) is 0 Å². The zero-order valence-electron chi connectivity index (χ0n) is 14.1. The molecule has 1 unspecified atom stereocenters. The van der Waals surface area contributed by atoms with Crippen molar-refractivity contribution < 1.29 is 14.3 Å². The van der Waals surface area contributed by atoms with Crippen molar-refractivity contribution in [3.8, 4) is 0 Å². The van der Waals surface area contributed by atoms with E-state index >= 15 is 0 Å². The zero-order valence-corrected chi connectivity index (χ0v) is 14.1. The van der Waals surface area contributed by atoms with Gasteiger partial charge in [-0.05, 0) is 13.1 Å². The van der Waals surface area contributed by atoms with E-state index in [2.05, 4.69) is 18.7 Å². The molecule has 7 nitrogen and oxygen atoms in total. The number of carbonyl (C=O) groups is 2. The maximum atomic E-state index is 12.2. The Morgan fingerprint density at radius 3 is 2.00 bits per heavy atom. The molecule has 1 aliphatic heterocycles. The quantitative estimate of drug-likeness (QED) is 0.645. The molecule has 2 amide bonds. The van der Waals surface area contributed by atoms with Gasteiger partial charge in [-0.3, -0.25) is 14.5 Å². The van der Waals surface area contributed by atoms with Gasteiger partial charge in [-0.2, -0.15) is 0 Å². The first-order valence-electron chi connectivity index (χ1n) is 8.06.